The lowest BCUT2D eigenvalue weighted by Crippen LogP contribution is -2.25. The van der Waals surface area contributed by atoms with Crippen LogP contribution in [0.5, 0.6) is 11.5 Å². The van der Waals surface area contributed by atoms with Gasteiger partial charge >= 0.3 is 5.97 Å². The maximum absolute atomic E-state index is 12.7. The number of nitro benzene ring substituents is 1. The molecule has 0 saturated carbocycles. The summed E-state index contributed by atoms with van der Waals surface area (Å²) in [6.45, 7) is 5.05. The predicted octanol–water partition coefficient (Wildman–Crippen LogP) is 3.66. The zero-order valence-electron chi connectivity index (χ0n) is 16.3. The molecule has 0 aliphatic rings. The fourth-order valence-electron chi connectivity index (χ4n) is 2.68. The van der Waals surface area contributed by atoms with E-state index in [1.54, 1.807) is 19.1 Å². The average Bonchev–Trinajstić information content (AvgIpc) is 2.67. The van der Waals surface area contributed by atoms with Gasteiger partial charge in [-0.25, -0.2) is 4.79 Å². The van der Waals surface area contributed by atoms with E-state index in [-0.39, 0.29) is 17.1 Å². The summed E-state index contributed by atoms with van der Waals surface area (Å²) in [6.07, 6.45) is -1.12. The zero-order valence-corrected chi connectivity index (χ0v) is 16.3. The lowest BCUT2D eigenvalue weighted by atomic mass is 9.99. The maximum atomic E-state index is 12.7. The quantitative estimate of drug-likeness (QED) is 0.309. The Kier molecular flexibility index (Phi) is 6.35. The van der Waals surface area contributed by atoms with Gasteiger partial charge in [-0.05, 0) is 32.4 Å². The van der Waals surface area contributed by atoms with Crippen LogP contribution in [0.1, 0.15) is 38.8 Å². The normalized spacial score (nSPS) is 11.5. The molecule has 0 aromatic heterocycles. The van der Waals surface area contributed by atoms with Gasteiger partial charge in [0.2, 0.25) is 5.78 Å². The molecule has 0 aliphatic heterocycles. The summed E-state index contributed by atoms with van der Waals surface area (Å²) >= 11 is 0. The molecule has 0 bridgehead atoms. The number of methoxy groups -OCH3 is 2. The predicted molar refractivity (Wildman–Crippen MR) is 101 cm³/mol. The summed E-state index contributed by atoms with van der Waals surface area (Å²) in [5.41, 5.74) is 1.23. The van der Waals surface area contributed by atoms with Crippen LogP contribution < -0.4 is 9.47 Å². The SMILES string of the molecule is COc1cc(C(=O)O[C@@H](C)C(=O)c2cc(C)ccc2C)c([N+](=O)[O-])cc1OC. The summed E-state index contributed by atoms with van der Waals surface area (Å²) in [5, 5.41) is 11.4. The highest BCUT2D eigenvalue weighted by molar-refractivity contribution is 6.03. The van der Waals surface area contributed by atoms with E-state index in [0.717, 1.165) is 23.3 Å². The molecule has 0 spiro atoms. The molecule has 8 nitrogen and oxygen atoms in total. The first-order chi connectivity index (χ1) is 13.2. The second kappa shape index (κ2) is 8.51. The lowest BCUT2D eigenvalue weighted by Gasteiger charge is -2.15. The van der Waals surface area contributed by atoms with Crippen molar-refractivity contribution in [3.8, 4) is 11.5 Å². The third kappa shape index (κ3) is 4.28. The van der Waals surface area contributed by atoms with Crippen LogP contribution in [-0.2, 0) is 4.74 Å². The van der Waals surface area contributed by atoms with E-state index in [1.165, 1.54) is 21.1 Å². The van der Waals surface area contributed by atoms with Gasteiger partial charge in [-0.15, -0.1) is 0 Å². The van der Waals surface area contributed by atoms with Gasteiger partial charge in [-0.3, -0.25) is 14.9 Å². The first kappa shape index (κ1) is 20.9. The Balaban J connectivity index is 2.34. The Morgan fingerprint density at radius 3 is 2.18 bits per heavy atom. The second-order valence-electron chi connectivity index (χ2n) is 6.21. The summed E-state index contributed by atoms with van der Waals surface area (Å²) in [7, 11) is 2.66. The van der Waals surface area contributed by atoms with E-state index in [9.17, 15) is 19.7 Å². The number of ether oxygens (including phenoxy) is 3. The molecular weight excluding hydrogens is 366 g/mol. The van der Waals surface area contributed by atoms with E-state index < -0.39 is 28.5 Å². The van der Waals surface area contributed by atoms with Gasteiger partial charge in [0.25, 0.3) is 5.69 Å². The number of ketones is 1. The van der Waals surface area contributed by atoms with Crippen LogP contribution in [0.15, 0.2) is 30.3 Å². The Bertz CT molecular complexity index is 936. The number of Topliss-reactive ketones (excluding diaryl/α,β-unsaturated/α-hetero) is 1. The average molecular weight is 387 g/mol. The molecule has 28 heavy (non-hydrogen) atoms. The first-order valence-electron chi connectivity index (χ1n) is 8.42. The molecule has 2 aromatic rings. The highest BCUT2D eigenvalue weighted by Crippen LogP contribution is 2.35. The van der Waals surface area contributed by atoms with Gasteiger partial charge in [0.1, 0.15) is 5.56 Å². The standard InChI is InChI=1S/C20H21NO7/c1-11-6-7-12(2)14(8-11)19(22)13(3)28-20(23)15-9-17(26-4)18(27-5)10-16(15)21(24)25/h6-10,13H,1-5H3/t13-/m0/s1. The van der Waals surface area contributed by atoms with Gasteiger partial charge < -0.3 is 14.2 Å². The Morgan fingerprint density at radius 1 is 1.00 bits per heavy atom. The van der Waals surface area contributed by atoms with Crippen LogP contribution in [0.3, 0.4) is 0 Å². The highest BCUT2D eigenvalue weighted by atomic mass is 16.6. The minimum absolute atomic E-state index is 0.102. The summed E-state index contributed by atoms with van der Waals surface area (Å²) in [4.78, 5) is 35.9. The molecule has 0 aliphatic carbocycles. The molecule has 1 atom stereocenters. The fraction of sp³-hybridized carbons (Fsp3) is 0.300. The van der Waals surface area contributed by atoms with Crippen LogP contribution in [0.4, 0.5) is 5.69 Å². The lowest BCUT2D eigenvalue weighted by molar-refractivity contribution is -0.385. The molecule has 148 valence electrons. The van der Waals surface area contributed by atoms with Crippen LogP contribution in [-0.4, -0.2) is 37.0 Å². The van der Waals surface area contributed by atoms with Gasteiger partial charge in [0.05, 0.1) is 25.2 Å². The van der Waals surface area contributed by atoms with Crippen molar-refractivity contribution in [2.75, 3.05) is 14.2 Å². The van der Waals surface area contributed by atoms with Gasteiger partial charge in [0, 0.05) is 11.6 Å². The van der Waals surface area contributed by atoms with Crippen LogP contribution in [0, 0.1) is 24.0 Å². The van der Waals surface area contributed by atoms with E-state index >= 15 is 0 Å². The molecular formula is C20H21NO7. The number of nitro groups is 1. The molecule has 0 radical (unpaired) electrons. The Hall–Kier alpha value is -3.42. The number of rotatable bonds is 7. The number of nitrogens with zero attached hydrogens (tertiary/aromatic N) is 1. The summed E-state index contributed by atoms with van der Waals surface area (Å²) in [6, 6.07) is 7.62. The number of carbonyl (C=O) groups is 2. The zero-order chi connectivity index (χ0) is 21.0. The molecule has 0 saturated heterocycles. The number of aryl methyl sites for hydroxylation is 2. The van der Waals surface area contributed by atoms with Gasteiger partial charge in [-0.2, -0.15) is 0 Å². The van der Waals surface area contributed by atoms with E-state index in [4.69, 9.17) is 14.2 Å². The molecule has 0 N–H and O–H groups in total. The van der Waals surface area contributed by atoms with Crippen LogP contribution in [0.2, 0.25) is 0 Å². The minimum atomic E-state index is -1.12. The number of hydrogen-bond acceptors (Lipinski definition) is 7. The van der Waals surface area contributed by atoms with Crippen molar-refractivity contribution >= 4 is 17.4 Å². The number of hydrogen-bond donors (Lipinski definition) is 0. The minimum Gasteiger partial charge on any atom is -0.493 e. The van der Waals surface area contributed by atoms with Gasteiger partial charge in [0.15, 0.2) is 17.6 Å². The van der Waals surface area contributed by atoms with E-state index in [2.05, 4.69) is 0 Å². The van der Waals surface area contributed by atoms with Gasteiger partial charge in [-0.1, -0.05) is 17.7 Å². The maximum Gasteiger partial charge on any atom is 0.346 e. The molecule has 0 fully saturated rings. The smallest absolute Gasteiger partial charge is 0.346 e. The number of esters is 1. The molecule has 0 amide bonds. The third-order valence-electron chi connectivity index (χ3n) is 4.23. The second-order valence-corrected chi connectivity index (χ2v) is 6.21. The van der Waals surface area contributed by atoms with Crippen molar-refractivity contribution in [2.24, 2.45) is 0 Å². The fourth-order valence-corrected chi connectivity index (χ4v) is 2.68. The van der Waals surface area contributed by atoms with Crippen molar-refractivity contribution in [2.45, 2.75) is 26.9 Å². The van der Waals surface area contributed by atoms with Crippen LogP contribution in [0.25, 0.3) is 0 Å². The van der Waals surface area contributed by atoms with Crippen molar-refractivity contribution in [1.29, 1.82) is 0 Å². The molecule has 8 heteroatoms. The van der Waals surface area contributed by atoms with Crippen molar-refractivity contribution < 1.29 is 28.7 Å². The van der Waals surface area contributed by atoms with Crippen molar-refractivity contribution in [3.63, 3.8) is 0 Å². The summed E-state index contributed by atoms with van der Waals surface area (Å²) < 4.78 is 15.3. The third-order valence-corrected chi connectivity index (χ3v) is 4.23. The van der Waals surface area contributed by atoms with Crippen molar-refractivity contribution in [1.82, 2.24) is 0 Å². The van der Waals surface area contributed by atoms with E-state index in [0.29, 0.717) is 5.56 Å². The largest absolute Gasteiger partial charge is 0.493 e. The molecule has 0 unspecified atom stereocenters. The first-order valence-corrected chi connectivity index (χ1v) is 8.42. The number of carbonyl (C=O) groups excluding carboxylic acids is 2. The van der Waals surface area contributed by atoms with Crippen LogP contribution >= 0.6 is 0 Å². The molecule has 0 heterocycles. The number of benzene rings is 2. The molecule has 2 rings (SSSR count). The Labute approximate surface area is 162 Å². The topological polar surface area (TPSA) is 105 Å². The van der Waals surface area contributed by atoms with E-state index in [1.807, 2.05) is 13.0 Å². The highest BCUT2D eigenvalue weighted by Gasteiger charge is 2.29. The molecule has 2 aromatic carbocycles. The monoisotopic (exact) mass is 387 g/mol. The Morgan fingerprint density at radius 2 is 1.61 bits per heavy atom. The van der Waals surface area contributed by atoms with Crippen molar-refractivity contribution in [3.05, 3.63) is 62.7 Å². The summed E-state index contributed by atoms with van der Waals surface area (Å²) in [5.74, 6) is -1.16.